The number of fused-ring (bicyclic) bond motifs is 1. The van der Waals surface area contributed by atoms with Gasteiger partial charge in [0, 0.05) is 6.54 Å². The molecule has 3 N–H and O–H groups in total. The van der Waals surface area contributed by atoms with Crippen LogP contribution in [0.25, 0.3) is 11.0 Å². The number of nitrogens with zero attached hydrogens (tertiary/aromatic N) is 2. The summed E-state index contributed by atoms with van der Waals surface area (Å²) in [6, 6.07) is 6.40. The smallest absolute Gasteiger partial charge is 0.0931 e. The number of H-pyrrole nitrogens is 1. The Kier molecular flexibility index (Phi) is 4.12. The molecule has 0 radical (unpaired) electrons. The van der Waals surface area contributed by atoms with Crippen LogP contribution in [0.2, 0.25) is 0 Å². The third kappa shape index (κ3) is 3.28. The van der Waals surface area contributed by atoms with Gasteiger partial charge in [-0.15, -0.1) is 0 Å². The highest BCUT2D eigenvalue weighted by Crippen LogP contribution is 2.12. The molecule has 0 unspecified atom stereocenters. The van der Waals surface area contributed by atoms with E-state index < -0.39 is 0 Å². The molecule has 17 heavy (non-hydrogen) atoms. The van der Waals surface area contributed by atoms with Gasteiger partial charge in [-0.3, -0.25) is 0 Å². The summed E-state index contributed by atoms with van der Waals surface area (Å²) >= 11 is 0. The molecule has 0 saturated carbocycles. The maximum Gasteiger partial charge on any atom is 0.0931 e. The lowest BCUT2D eigenvalue weighted by Gasteiger charge is -2.15. The molecule has 0 bridgehead atoms. The molecule has 0 amide bonds. The molecular weight excluding hydrogens is 212 g/mol. The molecule has 1 aromatic heterocycles. The van der Waals surface area contributed by atoms with Crippen molar-refractivity contribution in [2.24, 2.45) is 5.73 Å². The quantitative estimate of drug-likeness (QED) is 0.791. The van der Waals surface area contributed by atoms with Crippen molar-refractivity contribution in [2.75, 3.05) is 26.7 Å². The van der Waals surface area contributed by atoms with Crippen LogP contribution in [0.3, 0.4) is 0 Å². The number of aromatic amines is 1. The van der Waals surface area contributed by atoms with Gasteiger partial charge in [-0.1, -0.05) is 6.07 Å². The van der Waals surface area contributed by atoms with E-state index in [1.807, 2.05) is 0 Å². The van der Waals surface area contributed by atoms with Crippen LogP contribution in [0.5, 0.6) is 0 Å². The first kappa shape index (κ1) is 12.1. The molecule has 4 nitrogen and oxygen atoms in total. The van der Waals surface area contributed by atoms with E-state index in [1.54, 1.807) is 6.33 Å². The van der Waals surface area contributed by atoms with Crippen molar-refractivity contribution < 1.29 is 0 Å². The fraction of sp³-hybridized carbons (Fsp3) is 0.462. The van der Waals surface area contributed by atoms with Gasteiger partial charge in [0.1, 0.15) is 0 Å². The minimum absolute atomic E-state index is 0.768. The Labute approximate surface area is 102 Å². The molecule has 2 aromatic rings. The van der Waals surface area contributed by atoms with Crippen LogP contribution in [-0.2, 0) is 6.42 Å². The Bertz CT molecular complexity index is 463. The Morgan fingerprint density at radius 1 is 1.35 bits per heavy atom. The molecule has 1 heterocycles. The lowest BCUT2D eigenvalue weighted by atomic mass is 10.1. The van der Waals surface area contributed by atoms with E-state index in [1.165, 1.54) is 5.56 Å². The van der Waals surface area contributed by atoms with E-state index >= 15 is 0 Å². The van der Waals surface area contributed by atoms with E-state index in [9.17, 15) is 0 Å². The fourth-order valence-corrected chi connectivity index (χ4v) is 1.93. The summed E-state index contributed by atoms with van der Waals surface area (Å²) < 4.78 is 0. The minimum atomic E-state index is 0.768. The van der Waals surface area contributed by atoms with Crippen LogP contribution >= 0.6 is 0 Å². The van der Waals surface area contributed by atoms with E-state index in [-0.39, 0.29) is 0 Å². The van der Waals surface area contributed by atoms with Gasteiger partial charge < -0.3 is 15.6 Å². The molecule has 0 fully saturated rings. The number of benzene rings is 1. The normalized spacial score (nSPS) is 11.5. The van der Waals surface area contributed by atoms with Crippen LogP contribution in [0.15, 0.2) is 24.5 Å². The summed E-state index contributed by atoms with van der Waals surface area (Å²) in [4.78, 5) is 9.68. The SMILES string of the molecule is CN(CCCN)CCc1ccc2nc[nH]c2c1. The summed E-state index contributed by atoms with van der Waals surface area (Å²) in [5, 5.41) is 0. The molecule has 1 aromatic carbocycles. The Balaban J connectivity index is 1.89. The first-order valence-corrected chi connectivity index (χ1v) is 6.10. The van der Waals surface area contributed by atoms with Crippen molar-refractivity contribution in [3.05, 3.63) is 30.1 Å². The maximum atomic E-state index is 5.50. The van der Waals surface area contributed by atoms with Gasteiger partial charge in [0.05, 0.1) is 17.4 Å². The van der Waals surface area contributed by atoms with Gasteiger partial charge in [0.25, 0.3) is 0 Å². The summed E-state index contributed by atoms with van der Waals surface area (Å²) in [6.45, 7) is 2.91. The van der Waals surface area contributed by atoms with E-state index in [0.717, 1.165) is 43.5 Å². The van der Waals surface area contributed by atoms with Crippen LogP contribution < -0.4 is 5.73 Å². The van der Waals surface area contributed by atoms with Gasteiger partial charge in [0.15, 0.2) is 0 Å². The zero-order valence-electron chi connectivity index (χ0n) is 10.3. The van der Waals surface area contributed by atoms with Crippen molar-refractivity contribution in [2.45, 2.75) is 12.8 Å². The molecule has 0 aliphatic rings. The average Bonchev–Trinajstić information content (AvgIpc) is 2.81. The van der Waals surface area contributed by atoms with Gasteiger partial charge >= 0.3 is 0 Å². The van der Waals surface area contributed by atoms with Crippen LogP contribution in [0.4, 0.5) is 0 Å². The van der Waals surface area contributed by atoms with Gasteiger partial charge in [-0.2, -0.15) is 0 Å². The zero-order chi connectivity index (χ0) is 12.1. The van der Waals surface area contributed by atoms with Gasteiger partial charge in [0.2, 0.25) is 0 Å². The molecular formula is C13H20N4. The van der Waals surface area contributed by atoms with Crippen molar-refractivity contribution in [1.29, 1.82) is 0 Å². The average molecular weight is 232 g/mol. The van der Waals surface area contributed by atoms with Crippen molar-refractivity contribution in [1.82, 2.24) is 14.9 Å². The number of nitrogens with two attached hydrogens (primary N) is 1. The van der Waals surface area contributed by atoms with Crippen molar-refractivity contribution in [3.8, 4) is 0 Å². The molecule has 0 saturated heterocycles. The summed E-state index contributed by atoms with van der Waals surface area (Å²) in [5.74, 6) is 0. The molecule has 0 aliphatic carbocycles. The number of hydrogen-bond acceptors (Lipinski definition) is 3. The van der Waals surface area contributed by atoms with Crippen LogP contribution in [0.1, 0.15) is 12.0 Å². The molecule has 0 spiro atoms. The second kappa shape index (κ2) is 5.80. The van der Waals surface area contributed by atoms with Crippen LogP contribution in [-0.4, -0.2) is 41.5 Å². The number of imidazole rings is 1. The highest BCUT2D eigenvalue weighted by Gasteiger charge is 2.01. The van der Waals surface area contributed by atoms with Gasteiger partial charge in [-0.25, -0.2) is 4.98 Å². The van der Waals surface area contributed by atoms with E-state index in [0.29, 0.717) is 0 Å². The highest BCUT2D eigenvalue weighted by molar-refractivity contribution is 5.74. The standard InChI is InChI=1S/C13H20N4/c1-17(7-2-6-14)8-5-11-3-4-12-13(9-11)16-10-15-12/h3-4,9-10H,2,5-8,14H2,1H3,(H,15,16). The lowest BCUT2D eigenvalue weighted by Crippen LogP contribution is -2.24. The number of aromatic nitrogens is 2. The summed E-state index contributed by atoms with van der Waals surface area (Å²) in [6.07, 6.45) is 3.87. The summed E-state index contributed by atoms with van der Waals surface area (Å²) in [5.41, 5.74) is 9.00. The maximum absolute atomic E-state index is 5.50. The Hall–Kier alpha value is -1.39. The number of nitrogens with one attached hydrogen (secondary N) is 1. The van der Waals surface area contributed by atoms with Crippen LogP contribution in [0, 0.1) is 0 Å². The van der Waals surface area contributed by atoms with Gasteiger partial charge in [-0.05, 0) is 50.7 Å². The fourth-order valence-electron chi connectivity index (χ4n) is 1.93. The first-order valence-electron chi connectivity index (χ1n) is 6.10. The lowest BCUT2D eigenvalue weighted by molar-refractivity contribution is 0.335. The van der Waals surface area contributed by atoms with Crippen molar-refractivity contribution in [3.63, 3.8) is 0 Å². The Morgan fingerprint density at radius 2 is 2.24 bits per heavy atom. The molecule has 0 atom stereocenters. The van der Waals surface area contributed by atoms with E-state index in [4.69, 9.17) is 5.73 Å². The highest BCUT2D eigenvalue weighted by atomic mass is 15.1. The summed E-state index contributed by atoms with van der Waals surface area (Å²) in [7, 11) is 2.14. The largest absolute Gasteiger partial charge is 0.345 e. The monoisotopic (exact) mass is 232 g/mol. The molecule has 4 heteroatoms. The molecule has 2 rings (SSSR count). The minimum Gasteiger partial charge on any atom is -0.345 e. The number of likely N-dealkylation sites (N-methyl/N-ethyl adjacent to an activating group) is 1. The number of rotatable bonds is 6. The second-order valence-corrected chi connectivity index (χ2v) is 4.45. The molecule has 0 aliphatic heterocycles. The third-order valence-corrected chi connectivity index (χ3v) is 3.01. The predicted molar refractivity (Wildman–Crippen MR) is 71.0 cm³/mol. The third-order valence-electron chi connectivity index (χ3n) is 3.01. The molecule has 92 valence electrons. The Morgan fingerprint density at radius 3 is 3.06 bits per heavy atom. The van der Waals surface area contributed by atoms with Crippen molar-refractivity contribution >= 4 is 11.0 Å². The zero-order valence-corrected chi connectivity index (χ0v) is 10.3. The second-order valence-electron chi connectivity index (χ2n) is 4.45. The predicted octanol–water partition coefficient (Wildman–Crippen LogP) is 1.39. The topological polar surface area (TPSA) is 57.9 Å². The number of hydrogen-bond donors (Lipinski definition) is 2. The first-order chi connectivity index (χ1) is 8.29. The van der Waals surface area contributed by atoms with E-state index in [2.05, 4.69) is 40.1 Å².